The lowest BCUT2D eigenvalue weighted by Crippen LogP contribution is -2.50. The number of aliphatic hydroxyl groups excluding tert-OH is 1. The van der Waals surface area contributed by atoms with Crippen molar-refractivity contribution in [3.05, 3.63) is 23.0 Å². The number of nitrogens with one attached hydrogen (secondary N) is 1. The molecule has 2 aromatic rings. The zero-order valence-electron chi connectivity index (χ0n) is 15.6. The van der Waals surface area contributed by atoms with E-state index in [1.807, 2.05) is 0 Å². The number of nitrogens with zero attached hydrogens (tertiary/aromatic N) is 4. The average Bonchev–Trinajstić information content (AvgIpc) is 2.98. The number of carbonyl (C=O) groups excluding carboxylic acids is 2. The van der Waals surface area contributed by atoms with Gasteiger partial charge in [0.05, 0.1) is 18.3 Å². The van der Waals surface area contributed by atoms with Crippen LogP contribution in [0.5, 0.6) is 0 Å². The van der Waals surface area contributed by atoms with Crippen molar-refractivity contribution in [3.8, 4) is 0 Å². The molecule has 0 bridgehead atoms. The highest BCUT2D eigenvalue weighted by molar-refractivity contribution is 6.30. The zero-order chi connectivity index (χ0) is 19.9. The summed E-state index contributed by atoms with van der Waals surface area (Å²) in [5, 5.41) is 16.7. The monoisotopic (exact) mass is 395 g/mol. The summed E-state index contributed by atoms with van der Waals surface area (Å²) in [5.41, 5.74) is -0.255. The number of fused-ring (bicyclic) bond motifs is 1. The number of amides is 2. The van der Waals surface area contributed by atoms with E-state index in [2.05, 4.69) is 15.4 Å². The molecule has 0 aromatic carbocycles. The van der Waals surface area contributed by atoms with E-state index in [9.17, 15) is 14.7 Å². The first-order valence-electron chi connectivity index (χ1n) is 8.57. The third kappa shape index (κ3) is 3.98. The maximum atomic E-state index is 12.5. The first kappa shape index (κ1) is 19.4. The molecule has 3 rings (SSSR count). The van der Waals surface area contributed by atoms with Crippen LogP contribution in [0.2, 0.25) is 5.15 Å². The number of hydrogen-bond acceptors (Lipinski definition) is 6. The molecule has 1 saturated carbocycles. The van der Waals surface area contributed by atoms with Crippen molar-refractivity contribution in [3.63, 3.8) is 0 Å². The summed E-state index contributed by atoms with van der Waals surface area (Å²) < 4.78 is 6.71. The molecule has 1 aliphatic rings. The molecular formula is C17H22ClN5O4. The quantitative estimate of drug-likeness (QED) is 0.769. The molecule has 146 valence electrons. The molecule has 10 heteroatoms. The molecule has 0 spiro atoms. The number of halogens is 1. The standard InChI is InChI=1S/C17H22ClN5O4/c1-17(2,3)27-16(26)22(4)13-7-12(18)21-14-9(8-19-23(13)14)15(25)20-10-5-6-11(10)24/h7-8,10-11,24H,5-6H2,1-4H3,(H,20,25)/t10?,11-/m0/s1. The normalized spacial score (nSPS) is 19.5. The van der Waals surface area contributed by atoms with Crippen molar-refractivity contribution in [1.82, 2.24) is 19.9 Å². The first-order chi connectivity index (χ1) is 12.6. The summed E-state index contributed by atoms with van der Waals surface area (Å²) >= 11 is 6.10. The fraction of sp³-hybridized carbons (Fsp3) is 0.529. The first-order valence-corrected chi connectivity index (χ1v) is 8.94. The Hall–Kier alpha value is -2.39. The summed E-state index contributed by atoms with van der Waals surface area (Å²) in [5.74, 6) is -0.101. The lowest BCUT2D eigenvalue weighted by molar-refractivity contribution is 0.0448. The fourth-order valence-corrected chi connectivity index (χ4v) is 2.82. The third-order valence-corrected chi connectivity index (χ3v) is 4.43. The molecule has 2 heterocycles. The molecule has 1 aliphatic carbocycles. The molecule has 2 N–H and O–H groups in total. The summed E-state index contributed by atoms with van der Waals surface area (Å²) in [4.78, 5) is 30.3. The number of aromatic nitrogens is 3. The van der Waals surface area contributed by atoms with E-state index >= 15 is 0 Å². The van der Waals surface area contributed by atoms with Crippen LogP contribution in [0.4, 0.5) is 10.6 Å². The summed E-state index contributed by atoms with van der Waals surface area (Å²) in [6.07, 6.45) is 1.60. The molecular weight excluding hydrogens is 374 g/mol. The topological polar surface area (TPSA) is 109 Å². The van der Waals surface area contributed by atoms with Crippen LogP contribution in [0, 0.1) is 0 Å². The lowest BCUT2D eigenvalue weighted by atomic mass is 9.89. The molecule has 1 unspecified atom stereocenters. The summed E-state index contributed by atoms with van der Waals surface area (Å²) in [6, 6.07) is 1.18. The molecule has 2 atom stereocenters. The van der Waals surface area contributed by atoms with Crippen LogP contribution in [-0.4, -0.2) is 56.5 Å². The number of ether oxygens (including phenoxy) is 1. The number of hydrogen-bond donors (Lipinski definition) is 2. The Bertz CT molecular complexity index is 891. The molecule has 2 aromatic heterocycles. The predicted octanol–water partition coefficient (Wildman–Crippen LogP) is 2.01. The Balaban J connectivity index is 1.93. The Labute approximate surface area is 161 Å². The van der Waals surface area contributed by atoms with Gasteiger partial charge in [-0.1, -0.05) is 11.6 Å². The Morgan fingerprint density at radius 2 is 2.11 bits per heavy atom. The minimum Gasteiger partial charge on any atom is -0.443 e. The van der Waals surface area contributed by atoms with Gasteiger partial charge in [-0.05, 0) is 33.6 Å². The van der Waals surface area contributed by atoms with Crippen LogP contribution in [-0.2, 0) is 4.74 Å². The molecule has 27 heavy (non-hydrogen) atoms. The molecule has 2 amide bonds. The van der Waals surface area contributed by atoms with Gasteiger partial charge in [-0.25, -0.2) is 9.78 Å². The predicted molar refractivity (Wildman–Crippen MR) is 99.1 cm³/mol. The Kier molecular flexibility index (Phi) is 5.00. The molecule has 9 nitrogen and oxygen atoms in total. The van der Waals surface area contributed by atoms with Crippen molar-refractivity contribution in [1.29, 1.82) is 0 Å². The van der Waals surface area contributed by atoms with Gasteiger partial charge in [-0.2, -0.15) is 9.61 Å². The highest BCUT2D eigenvalue weighted by Crippen LogP contribution is 2.24. The average molecular weight is 396 g/mol. The van der Waals surface area contributed by atoms with Crippen molar-refractivity contribution in [2.75, 3.05) is 11.9 Å². The van der Waals surface area contributed by atoms with E-state index in [-0.39, 0.29) is 22.4 Å². The smallest absolute Gasteiger partial charge is 0.415 e. The maximum Gasteiger partial charge on any atom is 0.415 e. The van der Waals surface area contributed by atoms with Gasteiger partial charge in [0.25, 0.3) is 5.91 Å². The van der Waals surface area contributed by atoms with E-state index in [0.717, 1.165) is 0 Å². The summed E-state index contributed by atoms with van der Waals surface area (Å²) in [6.45, 7) is 5.29. The van der Waals surface area contributed by atoms with Gasteiger partial charge >= 0.3 is 6.09 Å². The number of carbonyl (C=O) groups is 2. The number of rotatable bonds is 3. The van der Waals surface area contributed by atoms with Gasteiger partial charge in [0.1, 0.15) is 22.1 Å². The van der Waals surface area contributed by atoms with Crippen LogP contribution < -0.4 is 10.2 Å². The molecule has 0 saturated heterocycles. The van der Waals surface area contributed by atoms with Gasteiger partial charge in [0.15, 0.2) is 5.65 Å². The fourth-order valence-electron chi connectivity index (χ4n) is 2.64. The van der Waals surface area contributed by atoms with Crippen molar-refractivity contribution in [2.45, 2.75) is 51.4 Å². The number of anilines is 1. The second kappa shape index (κ2) is 6.97. The summed E-state index contributed by atoms with van der Waals surface area (Å²) in [7, 11) is 1.52. The van der Waals surface area contributed by atoms with E-state index in [4.69, 9.17) is 16.3 Å². The Morgan fingerprint density at radius 1 is 1.41 bits per heavy atom. The van der Waals surface area contributed by atoms with Gasteiger partial charge in [0.2, 0.25) is 0 Å². The van der Waals surface area contributed by atoms with Crippen molar-refractivity contribution >= 4 is 35.1 Å². The van der Waals surface area contributed by atoms with E-state index in [1.54, 1.807) is 20.8 Å². The lowest BCUT2D eigenvalue weighted by Gasteiger charge is -2.32. The van der Waals surface area contributed by atoms with Crippen LogP contribution in [0.1, 0.15) is 44.0 Å². The van der Waals surface area contributed by atoms with Gasteiger partial charge < -0.3 is 15.2 Å². The zero-order valence-corrected chi connectivity index (χ0v) is 16.3. The van der Waals surface area contributed by atoms with Crippen LogP contribution in [0.15, 0.2) is 12.3 Å². The van der Waals surface area contributed by atoms with Gasteiger partial charge in [-0.3, -0.25) is 9.69 Å². The van der Waals surface area contributed by atoms with E-state index < -0.39 is 23.7 Å². The molecule has 0 aliphatic heterocycles. The maximum absolute atomic E-state index is 12.5. The highest BCUT2D eigenvalue weighted by atomic mass is 35.5. The minimum atomic E-state index is -0.667. The second-order valence-corrected chi connectivity index (χ2v) is 7.88. The van der Waals surface area contributed by atoms with Crippen molar-refractivity contribution in [2.24, 2.45) is 0 Å². The minimum absolute atomic E-state index is 0.103. The Morgan fingerprint density at radius 3 is 2.67 bits per heavy atom. The van der Waals surface area contributed by atoms with Crippen LogP contribution in [0.3, 0.4) is 0 Å². The van der Waals surface area contributed by atoms with Gasteiger partial charge in [0, 0.05) is 13.1 Å². The van der Waals surface area contributed by atoms with Crippen LogP contribution >= 0.6 is 11.6 Å². The van der Waals surface area contributed by atoms with Crippen molar-refractivity contribution < 1.29 is 19.4 Å². The molecule has 0 radical (unpaired) electrons. The largest absolute Gasteiger partial charge is 0.443 e. The number of aliphatic hydroxyl groups is 1. The molecule has 1 fully saturated rings. The van der Waals surface area contributed by atoms with Crippen LogP contribution in [0.25, 0.3) is 5.65 Å². The van der Waals surface area contributed by atoms with E-state index in [1.165, 1.54) is 28.7 Å². The van der Waals surface area contributed by atoms with Gasteiger partial charge in [-0.15, -0.1) is 0 Å². The SMILES string of the molecule is CN(C(=O)OC(C)(C)C)c1cc(Cl)nc2c(C(=O)NC3CC[C@@H]3O)cnn12. The third-order valence-electron chi connectivity index (χ3n) is 4.23. The highest BCUT2D eigenvalue weighted by Gasteiger charge is 2.31. The van der Waals surface area contributed by atoms with E-state index in [0.29, 0.717) is 18.7 Å². The second-order valence-electron chi connectivity index (χ2n) is 7.49.